The van der Waals surface area contributed by atoms with Crippen LogP contribution in [0.5, 0.6) is 0 Å². The largest absolute Gasteiger partial charge is 0.372 e. The number of hydrogen-bond donors (Lipinski definition) is 0. The molecule has 0 spiro atoms. The van der Waals surface area contributed by atoms with Crippen molar-refractivity contribution >= 4 is 0 Å². The molecular weight excluding hydrogens is 534 g/mol. The Kier molecular flexibility index (Phi) is 29.2. The highest BCUT2D eigenvalue weighted by Gasteiger charge is 2.36. The van der Waals surface area contributed by atoms with Gasteiger partial charge in [0.05, 0.1) is 11.7 Å². The smallest absolute Gasteiger partial charge is 0.0686 e. The molecule has 2 nitrogen and oxygen atoms in total. The summed E-state index contributed by atoms with van der Waals surface area (Å²) >= 11 is 0. The maximum atomic E-state index is 7.05. The summed E-state index contributed by atoms with van der Waals surface area (Å²) in [6.07, 6.45) is 52.3. The third kappa shape index (κ3) is 25.6. The molecule has 0 aliphatic carbocycles. The van der Waals surface area contributed by atoms with Crippen LogP contribution in [0.4, 0.5) is 0 Å². The molecule has 1 rings (SSSR count). The number of ether oxygens (including phenoxy) is 1. The number of unbranched alkanes of at least 4 members (excludes halogenated alkanes) is 20. The fourth-order valence-electron chi connectivity index (χ4n) is 7.14. The quantitative estimate of drug-likeness (QED) is 0.0551. The molecule has 0 radical (unpaired) electrons. The van der Waals surface area contributed by atoms with Crippen LogP contribution in [0.25, 0.3) is 0 Å². The Balaban J connectivity index is 2.26. The highest BCUT2D eigenvalue weighted by molar-refractivity contribution is 4.87. The summed E-state index contributed by atoms with van der Waals surface area (Å²) in [7, 11) is 4.40. The molecule has 0 aromatic rings. The van der Waals surface area contributed by atoms with E-state index < -0.39 is 0 Å². The van der Waals surface area contributed by atoms with Crippen LogP contribution in [0, 0.1) is 0 Å². The highest BCUT2D eigenvalue weighted by atomic mass is 16.5. The Labute approximate surface area is 278 Å². The predicted molar refractivity (Wildman–Crippen MR) is 199 cm³/mol. The van der Waals surface area contributed by atoms with Crippen molar-refractivity contribution < 1.29 is 4.74 Å². The minimum absolute atomic E-state index is 0.185. The maximum absolute atomic E-state index is 7.05. The number of nitrogens with zero attached hydrogens (tertiary/aromatic N) is 1. The van der Waals surface area contributed by atoms with Gasteiger partial charge in [-0.05, 0) is 117 Å². The zero-order valence-electron chi connectivity index (χ0n) is 30.9. The Hall–Kier alpha value is -0.600. The van der Waals surface area contributed by atoms with Gasteiger partial charge >= 0.3 is 0 Å². The Morgan fingerprint density at radius 1 is 0.545 bits per heavy atom. The van der Waals surface area contributed by atoms with Gasteiger partial charge in [0.2, 0.25) is 0 Å². The minimum Gasteiger partial charge on any atom is -0.372 e. The summed E-state index contributed by atoms with van der Waals surface area (Å²) in [5, 5.41) is 0. The number of hydrogen-bond acceptors (Lipinski definition) is 2. The molecule has 1 saturated heterocycles. The van der Waals surface area contributed by atoms with Crippen molar-refractivity contribution in [2.75, 3.05) is 20.6 Å². The van der Waals surface area contributed by atoms with Gasteiger partial charge in [0.25, 0.3) is 0 Å². The van der Waals surface area contributed by atoms with Crippen LogP contribution >= 0.6 is 0 Å². The lowest BCUT2D eigenvalue weighted by atomic mass is 9.82. The molecule has 1 unspecified atom stereocenters. The molecule has 1 fully saturated rings. The fraction of sp³-hybridized carbons (Fsp3) is 0.905. The van der Waals surface area contributed by atoms with E-state index in [4.69, 9.17) is 4.74 Å². The first-order valence-electron chi connectivity index (χ1n) is 20.2. The van der Waals surface area contributed by atoms with Crippen molar-refractivity contribution in [3.8, 4) is 0 Å². The average molecular weight is 616 g/mol. The van der Waals surface area contributed by atoms with Crippen LogP contribution in [0.15, 0.2) is 24.3 Å². The van der Waals surface area contributed by atoms with E-state index in [1.165, 1.54) is 206 Å². The standard InChI is InChI=1S/C42H81NO/c1-5-7-9-11-13-15-17-19-21-23-25-27-29-31-37-42(39-33-35-41(44-42)36-34-40-43(3)4)38-32-30-28-26-24-22-20-18-16-14-12-10-8-6-2/h15-18,41H,5-14,19-40H2,1-4H3/b17-15-,18-16-. The van der Waals surface area contributed by atoms with Crippen LogP contribution in [0.2, 0.25) is 0 Å². The maximum Gasteiger partial charge on any atom is 0.0686 e. The normalized spacial score (nSPS) is 17.1. The summed E-state index contributed by atoms with van der Waals surface area (Å²) in [5.74, 6) is 0. The van der Waals surface area contributed by atoms with Crippen molar-refractivity contribution in [2.24, 2.45) is 0 Å². The second-order valence-electron chi connectivity index (χ2n) is 14.7. The molecule has 0 bridgehead atoms. The van der Waals surface area contributed by atoms with Crippen LogP contribution < -0.4 is 0 Å². The summed E-state index contributed by atoms with van der Waals surface area (Å²) in [6.45, 7) is 5.78. The second-order valence-corrected chi connectivity index (χ2v) is 14.7. The Morgan fingerprint density at radius 2 is 0.955 bits per heavy atom. The van der Waals surface area contributed by atoms with Crippen molar-refractivity contribution in [3.05, 3.63) is 24.3 Å². The van der Waals surface area contributed by atoms with Crippen LogP contribution in [0.1, 0.15) is 213 Å². The second kappa shape index (κ2) is 31.0. The number of allylic oxidation sites excluding steroid dienone is 4. The first kappa shape index (κ1) is 41.4. The lowest BCUT2D eigenvalue weighted by Crippen LogP contribution is -2.41. The van der Waals surface area contributed by atoms with Gasteiger partial charge in [-0.2, -0.15) is 0 Å². The molecule has 1 atom stereocenters. The lowest BCUT2D eigenvalue weighted by molar-refractivity contribution is -0.141. The monoisotopic (exact) mass is 616 g/mol. The molecule has 260 valence electrons. The van der Waals surface area contributed by atoms with Gasteiger partial charge in [-0.1, -0.05) is 141 Å². The van der Waals surface area contributed by atoms with E-state index in [1.807, 2.05) is 0 Å². The molecule has 44 heavy (non-hydrogen) atoms. The molecular formula is C42H81NO. The third-order valence-electron chi connectivity index (χ3n) is 9.99. The SMILES string of the molecule is CCCCCC/C=C\CCCCCCCCC1(CCCCCCCC/C=C\CCCCCC)CCCC(CCCN(C)C)O1. The van der Waals surface area contributed by atoms with Gasteiger partial charge in [-0.3, -0.25) is 0 Å². The minimum atomic E-state index is 0.185. The van der Waals surface area contributed by atoms with Gasteiger partial charge in [-0.25, -0.2) is 0 Å². The first-order valence-corrected chi connectivity index (χ1v) is 20.2. The van der Waals surface area contributed by atoms with Crippen molar-refractivity contribution in [1.82, 2.24) is 4.90 Å². The molecule has 2 heteroatoms. The lowest BCUT2D eigenvalue weighted by Gasteiger charge is -2.42. The molecule has 0 aromatic carbocycles. The van der Waals surface area contributed by atoms with E-state index in [1.54, 1.807) is 0 Å². The highest BCUT2D eigenvalue weighted by Crippen LogP contribution is 2.39. The topological polar surface area (TPSA) is 12.5 Å². The Bertz CT molecular complexity index is 600. The third-order valence-corrected chi connectivity index (χ3v) is 9.99. The van der Waals surface area contributed by atoms with E-state index in [9.17, 15) is 0 Å². The molecule has 1 aliphatic heterocycles. The van der Waals surface area contributed by atoms with E-state index in [0.29, 0.717) is 6.10 Å². The van der Waals surface area contributed by atoms with E-state index in [0.717, 1.165) is 0 Å². The average Bonchev–Trinajstić information content (AvgIpc) is 3.01. The van der Waals surface area contributed by atoms with Crippen molar-refractivity contribution in [2.45, 2.75) is 225 Å². The number of rotatable bonds is 32. The summed E-state index contributed by atoms with van der Waals surface area (Å²) in [6, 6.07) is 0. The summed E-state index contributed by atoms with van der Waals surface area (Å²) in [5.41, 5.74) is 0.185. The molecule has 1 aliphatic rings. The van der Waals surface area contributed by atoms with Crippen molar-refractivity contribution in [3.63, 3.8) is 0 Å². The van der Waals surface area contributed by atoms with E-state index in [-0.39, 0.29) is 5.60 Å². The van der Waals surface area contributed by atoms with Gasteiger partial charge in [0.15, 0.2) is 0 Å². The van der Waals surface area contributed by atoms with E-state index in [2.05, 4.69) is 57.1 Å². The zero-order valence-corrected chi connectivity index (χ0v) is 30.9. The van der Waals surface area contributed by atoms with Gasteiger partial charge in [0, 0.05) is 0 Å². The van der Waals surface area contributed by atoms with Gasteiger partial charge in [-0.15, -0.1) is 0 Å². The first-order chi connectivity index (χ1) is 21.6. The van der Waals surface area contributed by atoms with Gasteiger partial charge in [0.1, 0.15) is 0 Å². The van der Waals surface area contributed by atoms with Gasteiger partial charge < -0.3 is 9.64 Å². The van der Waals surface area contributed by atoms with Crippen LogP contribution in [0.3, 0.4) is 0 Å². The van der Waals surface area contributed by atoms with E-state index >= 15 is 0 Å². The Morgan fingerprint density at radius 3 is 1.39 bits per heavy atom. The molecule has 0 N–H and O–H groups in total. The fourth-order valence-corrected chi connectivity index (χ4v) is 7.14. The summed E-state index contributed by atoms with van der Waals surface area (Å²) < 4.78 is 7.05. The molecule has 0 saturated carbocycles. The van der Waals surface area contributed by atoms with Crippen LogP contribution in [-0.2, 0) is 4.74 Å². The van der Waals surface area contributed by atoms with Crippen LogP contribution in [-0.4, -0.2) is 37.2 Å². The molecule has 0 aromatic heterocycles. The summed E-state index contributed by atoms with van der Waals surface area (Å²) in [4.78, 5) is 2.33. The zero-order chi connectivity index (χ0) is 31.8. The predicted octanol–water partition coefficient (Wildman–Crippen LogP) is 13.9. The molecule has 1 heterocycles. The molecule has 0 amide bonds. The van der Waals surface area contributed by atoms with Crippen molar-refractivity contribution in [1.29, 1.82) is 0 Å².